The summed E-state index contributed by atoms with van der Waals surface area (Å²) < 4.78 is 5.98. The molecular weight excluding hydrogens is 450 g/mol. The minimum atomic E-state index is -0.315. The van der Waals surface area contributed by atoms with Crippen LogP contribution in [0.3, 0.4) is 0 Å². The first-order chi connectivity index (χ1) is 17.6. The SMILES string of the molecule is CC(=O)Nc1ccc(OCc2cccc(C3Nc4ccccc4C(=O)N3Cc3ccccc3)c2)cc1. The van der Waals surface area contributed by atoms with Crippen molar-refractivity contribution < 1.29 is 14.3 Å². The van der Waals surface area contributed by atoms with E-state index in [0.717, 1.165) is 28.1 Å². The zero-order chi connectivity index (χ0) is 24.9. The first kappa shape index (κ1) is 23.2. The molecule has 0 fully saturated rings. The molecule has 180 valence electrons. The van der Waals surface area contributed by atoms with E-state index >= 15 is 0 Å². The van der Waals surface area contributed by atoms with Gasteiger partial charge in [-0.25, -0.2) is 0 Å². The van der Waals surface area contributed by atoms with E-state index in [0.29, 0.717) is 24.5 Å². The molecule has 0 aromatic heterocycles. The number of hydrogen-bond donors (Lipinski definition) is 2. The van der Waals surface area contributed by atoms with Crippen molar-refractivity contribution in [3.05, 3.63) is 125 Å². The van der Waals surface area contributed by atoms with Gasteiger partial charge in [-0.3, -0.25) is 9.59 Å². The summed E-state index contributed by atoms with van der Waals surface area (Å²) in [5.41, 5.74) is 5.27. The molecule has 1 aliphatic heterocycles. The van der Waals surface area contributed by atoms with Crippen LogP contribution in [0.15, 0.2) is 103 Å². The summed E-state index contributed by atoms with van der Waals surface area (Å²) in [6, 6.07) is 33.0. The minimum absolute atomic E-state index is 0.000818. The molecular formula is C30H27N3O3. The smallest absolute Gasteiger partial charge is 0.258 e. The molecule has 2 N–H and O–H groups in total. The zero-order valence-electron chi connectivity index (χ0n) is 20.0. The molecule has 0 radical (unpaired) electrons. The fourth-order valence-corrected chi connectivity index (χ4v) is 4.36. The molecule has 0 saturated heterocycles. The van der Waals surface area contributed by atoms with Gasteiger partial charge in [0.05, 0.1) is 5.56 Å². The monoisotopic (exact) mass is 477 g/mol. The zero-order valence-corrected chi connectivity index (χ0v) is 20.0. The van der Waals surface area contributed by atoms with E-state index in [1.807, 2.05) is 102 Å². The molecule has 0 bridgehead atoms. The summed E-state index contributed by atoms with van der Waals surface area (Å²) in [4.78, 5) is 26.6. The highest BCUT2D eigenvalue weighted by molar-refractivity contribution is 6.01. The van der Waals surface area contributed by atoms with Gasteiger partial charge in [0.25, 0.3) is 5.91 Å². The number of ether oxygens (including phenoxy) is 1. The molecule has 1 heterocycles. The summed E-state index contributed by atoms with van der Waals surface area (Å²) in [6.07, 6.45) is -0.315. The average molecular weight is 478 g/mol. The van der Waals surface area contributed by atoms with E-state index in [-0.39, 0.29) is 18.0 Å². The van der Waals surface area contributed by atoms with Crippen LogP contribution in [0.25, 0.3) is 0 Å². The van der Waals surface area contributed by atoms with Crippen LogP contribution in [0, 0.1) is 0 Å². The van der Waals surface area contributed by atoms with Gasteiger partial charge in [0.1, 0.15) is 18.5 Å². The lowest BCUT2D eigenvalue weighted by atomic mass is 10.0. The van der Waals surface area contributed by atoms with E-state index in [9.17, 15) is 9.59 Å². The highest BCUT2D eigenvalue weighted by Crippen LogP contribution is 2.34. The third kappa shape index (κ3) is 5.23. The summed E-state index contributed by atoms with van der Waals surface area (Å²) in [5, 5.41) is 6.31. The molecule has 1 unspecified atom stereocenters. The van der Waals surface area contributed by atoms with Crippen LogP contribution in [0.4, 0.5) is 11.4 Å². The van der Waals surface area contributed by atoms with Crippen molar-refractivity contribution in [2.24, 2.45) is 0 Å². The number of anilines is 2. The second kappa shape index (κ2) is 10.4. The Morgan fingerprint density at radius 3 is 2.39 bits per heavy atom. The van der Waals surface area contributed by atoms with Crippen molar-refractivity contribution in [1.29, 1.82) is 0 Å². The lowest BCUT2D eigenvalue weighted by Crippen LogP contribution is -2.42. The third-order valence-electron chi connectivity index (χ3n) is 6.06. The standard InChI is InChI=1S/C30H27N3O3/c1-21(34)31-25-14-16-26(17-15-25)36-20-23-10-7-11-24(18-23)29-32-28-13-6-5-12-27(28)30(35)33(29)19-22-8-3-2-4-9-22/h2-18,29,32H,19-20H2,1H3,(H,31,34). The number of fused-ring (bicyclic) bond motifs is 1. The lowest BCUT2D eigenvalue weighted by molar-refractivity contribution is -0.114. The van der Waals surface area contributed by atoms with Crippen molar-refractivity contribution in [2.45, 2.75) is 26.2 Å². The van der Waals surface area contributed by atoms with Crippen molar-refractivity contribution in [3.63, 3.8) is 0 Å². The Bertz CT molecular complexity index is 1370. The van der Waals surface area contributed by atoms with E-state index in [1.54, 1.807) is 0 Å². The second-order valence-electron chi connectivity index (χ2n) is 8.75. The van der Waals surface area contributed by atoms with E-state index < -0.39 is 0 Å². The van der Waals surface area contributed by atoms with Crippen LogP contribution < -0.4 is 15.4 Å². The van der Waals surface area contributed by atoms with Crippen LogP contribution in [-0.2, 0) is 17.9 Å². The number of hydrogen-bond acceptors (Lipinski definition) is 4. The number of rotatable bonds is 7. The second-order valence-corrected chi connectivity index (χ2v) is 8.75. The molecule has 6 heteroatoms. The van der Waals surface area contributed by atoms with Crippen LogP contribution in [-0.4, -0.2) is 16.7 Å². The van der Waals surface area contributed by atoms with Crippen LogP contribution in [0.1, 0.15) is 40.1 Å². The maximum atomic E-state index is 13.5. The maximum Gasteiger partial charge on any atom is 0.258 e. The van der Waals surface area contributed by atoms with E-state index in [1.165, 1.54) is 6.92 Å². The Balaban J connectivity index is 1.37. The lowest BCUT2D eigenvalue weighted by Gasteiger charge is -2.38. The number of nitrogens with one attached hydrogen (secondary N) is 2. The van der Waals surface area contributed by atoms with Crippen LogP contribution >= 0.6 is 0 Å². The van der Waals surface area contributed by atoms with Crippen LogP contribution in [0.2, 0.25) is 0 Å². The van der Waals surface area contributed by atoms with Gasteiger partial charge in [0.2, 0.25) is 5.91 Å². The Labute approximate surface area is 210 Å². The quantitative estimate of drug-likeness (QED) is 0.343. The Morgan fingerprint density at radius 1 is 0.889 bits per heavy atom. The van der Waals surface area contributed by atoms with Gasteiger partial charge < -0.3 is 20.3 Å². The third-order valence-corrected chi connectivity index (χ3v) is 6.06. The Morgan fingerprint density at radius 2 is 1.61 bits per heavy atom. The summed E-state index contributed by atoms with van der Waals surface area (Å²) in [6.45, 7) is 2.35. The number of benzene rings is 4. The molecule has 4 aromatic rings. The number of carbonyl (C=O) groups excluding carboxylic acids is 2. The molecule has 6 nitrogen and oxygen atoms in total. The molecule has 1 atom stereocenters. The first-order valence-electron chi connectivity index (χ1n) is 11.9. The maximum absolute atomic E-state index is 13.5. The molecule has 5 rings (SSSR count). The number of nitrogens with zero attached hydrogens (tertiary/aromatic N) is 1. The number of para-hydroxylation sites is 1. The van der Waals surface area contributed by atoms with E-state index in [2.05, 4.69) is 16.7 Å². The van der Waals surface area contributed by atoms with Crippen molar-refractivity contribution in [1.82, 2.24) is 4.90 Å². The van der Waals surface area contributed by atoms with Gasteiger partial charge in [-0.15, -0.1) is 0 Å². The summed E-state index contributed by atoms with van der Waals surface area (Å²) in [5.74, 6) is 0.596. The van der Waals surface area contributed by atoms with Gasteiger partial charge >= 0.3 is 0 Å². The normalized spacial score (nSPS) is 14.5. The molecule has 0 spiro atoms. The molecule has 4 aromatic carbocycles. The number of amides is 2. The predicted molar refractivity (Wildman–Crippen MR) is 141 cm³/mol. The summed E-state index contributed by atoms with van der Waals surface area (Å²) in [7, 11) is 0. The summed E-state index contributed by atoms with van der Waals surface area (Å²) >= 11 is 0. The molecule has 1 aliphatic rings. The molecule has 0 aliphatic carbocycles. The van der Waals surface area contributed by atoms with Crippen molar-refractivity contribution in [3.8, 4) is 5.75 Å². The topological polar surface area (TPSA) is 70.7 Å². The largest absolute Gasteiger partial charge is 0.489 e. The van der Waals surface area contributed by atoms with Crippen molar-refractivity contribution in [2.75, 3.05) is 10.6 Å². The fourth-order valence-electron chi connectivity index (χ4n) is 4.36. The van der Waals surface area contributed by atoms with Gasteiger partial charge in [-0.1, -0.05) is 60.7 Å². The number of carbonyl (C=O) groups is 2. The average Bonchev–Trinajstić information content (AvgIpc) is 2.90. The van der Waals surface area contributed by atoms with E-state index in [4.69, 9.17) is 4.74 Å². The molecule has 2 amide bonds. The Kier molecular flexibility index (Phi) is 6.67. The van der Waals surface area contributed by atoms with Crippen LogP contribution in [0.5, 0.6) is 5.75 Å². The minimum Gasteiger partial charge on any atom is -0.489 e. The highest BCUT2D eigenvalue weighted by Gasteiger charge is 2.32. The van der Waals surface area contributed by atoms with Crippen molar-refractivity contribution >= 4 is 23.2 Å². The first-order valence-corrected chi connectivity index (χ1v) is 11.9. The highest BCUT2D eigenvalue weighted by atomic mass is 16.5. The fraction of sp³-hybridized carbons (Fsp3) is 0.133. The van der Waals surface area contributed by atoms with Gasteiger partial charge in [0, 0.05) is 24.8 Å². The van der Waals surface area contributed by atoms with Gasteiger partial charge in [-0.2, -0.15) is 0 Å². The molecule has 36 heavy (non-hydrogen) atoms. The Hall–Kier alpha value is -4.58. The van der Waals surface area contributed by atoms with Gasteiger partial charge in [-0.05, 0) is 59.2 Å². The molecule has 0 saturated carbocycles. The van der Waals surface area contributed by atoms with Gasteiger partial charge in [0.15, 0.2) is 0 Å². The predicted octanol–water partition coefficient (Wildman–Crippen LogP) is 5.99.